The molecule has 0 aliphatic carbocycles. The molecule has 0 spiro atoms. The van der Waals surface area contributed by atoms with Crippen molar-refractivity contribution in [2.45, 2.75) is 13.5 Å². The molecule has 0 aliphatic heterocycles. The lowest BCUT2D eigenvalue weighted by molar-refractivity contribution is 0.389. The molecule has 2 heterocycles. The van der Waals surface area contributed by atoms with E-state index in [4.69, 9.17) is 4.52 Å². The molecule has 3 rings (SSSR count). The van der Waals surface area contributed by atoms with Gasteiger partial charge in [0, 0.05) is 6.07 Å². The smallest absolute Gasteiger partial charge is 0.133 e. The minimum atomic E-state index is 0.692. The summed E-state index contributed by atoms with van der Waals surface area (Å²) in [6.45, 7) is 2.58. The summed E-state index contributed by atoms with van der Waals surface area (Å²) in [6.07, 6.45) is 1.83. The monoisotopic (exact) mass is 213 g/mol. The largest absolute Gasteiger partial charge is 0.361 e. The zero-order valence-electron chi connectivity index (χ0n) is 8.92. The number of hydrogen-bond acceptors (Lipinski definition) is 3. The van der Waals surface area contributed by atoms with E-state index in [1.54, 1.807) is 0 Å². The van der Waals surface area contributed by atoms with E-state index < -0.39 is 0 Å². The highest BCUT2D eigenvalue weighted by atomic mass is 16.5. The van der Waals surface area contributed by atoms with Gasteiger partial charge in [-0.05, 0) is 19.1 Å². The Morgan fingerprint density at radius 1 is 1.31 bits per heavy atom. The van der Waals surface area contributed by atoms with Crippen LogP contribution in [0.15, 0.2) is 41.2 Å². The number of rotatable bonds is 2. The SMILES string of the molecule is Cc1cc(Cn2cnc3ccccc32)no1. The molecule has 0 atom stereocenters. The number of aromatic nitrogens is 3. The van der Waals surface area contributed by atoms with Crippen molar-refractivity contribution in [2.24, 2.45) is 0 Å². The molecule has 0 fully saturated rings. The predicted molar refractivity (Wildman–Crippen MR) is 60.1 cm³/mol. The van der Waals surface area contributed by atoms with Crippen LogP contribution < -0.4 is 0 Å². The lowest BCUT2D eigenvalue weighted by Crippen LogP contribution is -1.97. The van der Waals surface area contributed by atoms with E-state index in [9.17, 15) is 0 Å². The lowest BCUT2D eigenvalue weighted by atomic mass is 10.3. The normalized spacial score (nSPS) is 11.1. The van der Waals surface area contributed by atoms with Crippen molar-refractivity contribution >= 4 is 11.0 Å². The second-order valence-electron chi connectivity index (χ2n) is 3.79. The third kappa shape index (κ3) is 1.48. The highest BCUT2D eigenvalue weighted by Gasteiger charge is 2.05. The third-order valence-corrected chi connectivity index (χ3v) is 2.54. The molecule has 0 saturated carbocycles. The number of aryl methyl sites for hydroxylation is 1. The molecular weight excluding hydrogens is 202 g/mol. The van der Waals surface area contributed by atoms with Gasteiger partial charge in [-0.25, -0.2) is 4.98 Å². The number of hydrogen-bond donors (Lipinski definition) is 0. The minimum Gasteiger partial charge on any atom is -0.361 e. The molecule has 16 heavy (non-hydrogen) atoms. The Morgan fingerprint density at radius 2 is 2.19 bits per heavy atom. The Balaban J connectivity index is 2.00. The average Bonchev–Trinajstić information content (AvgIpc) is 2.87. The molecular formula is C12H11N3O. The molecule has 0 aliphatic rings. The van der Waals surface area contributed by atoms with Crippen LogP contribution in [0.4, 0.5) is 0 Å². The van der Waals surface area contributed by atoms with E-state index >= 15 is 0 Å². The van der Waals surface area contributed by atoms with Gasteiger partial charge in [0.15, 0.2) is 0 Å². The van der Waals surface area contributed by atoms with E-state index in [0.29, 0.717) is 6.54 Å². The second-order valence-corrected chi connectivity index (χ2v) is 3.79. The molecule has 0 amide bonds. The van der Waals surface area contributed by atoms with Gasteiger partial charge in [-0.2, -0.15) is 0 Å². The van der Waals surface area contributed by atoms with Crippen molar-refractivity contribution in [3.8, 4) is 0 Å². The summed E-state index contributed by atoms with van der Waals surface area (Å²) in [5, 5.41) is 3.97. The quantitative estimate of drug-likeness (QED) is 0.656. The van der Waals surface area contributed by atoms with Crippen LogP contribution in [0.2, 0.25) is 0 Å². The first-order chi connectivity index (χ1) is 7.83. The summed E-state index contributed by atoms with van der Waals surface area (Å²) in [5.74, 6) is 0.833. The van der Waals surface area contributed by atoms with Gasteiger partial charge in [0.05, 0.1) is 23.9 Å². The van der Waals surface area contributed by atoms with Crippen molar-refractivity contribution in [3.63, 3.8) is 0 Å². The van der Waals surface area contributed by atoms with Gasteiger partial charge < -0.3 is 9.09 Å². The summed E-state index contributed by atoms with van der Waals surface area (Å²) >= 11 is 0. The van der Waals surface area contributed by atoms with Crippen LogP contribution >= 0.6 is 0 Å². The Bertz CT molecular complexity index is 624. The van der Waals surface area contributed by atoms with Crippen molar-refractivity contribution < 1.29 is 4.52 Å². The maximum atomic E-state index is 5.04. The Kier molecular flexibility index (Phi) is 1.99. The fourth-order valence-corrected chi connectivity index (χ4v) is 1.80. The number of nitrogens with zero attached hydrogens (tertiary/aromatic N) is 3. The molecule has 0 bridgehead atoms. The van der Waals surface area contributed by atoms with Gasteiger partial charge in [-0.3, -0.25) is 0 Å². The molecule has 0 radical (unpaired) electrons. The van der Waals surface area contributed by atoms with Crippen molar-refractivity contribution in [3.05, 3.63) is 48.1 Å². The maximum Gasteiger partial charge on any atom is 0.133 e. The predicted octanol–water partition coefficient (Wildman–Crippen LogP) is 2.38. The average molecular weight is 213 g/mol. The molecule has 80 valence electrons. The topological polar surface area (TPSA) is 43.9 Å². The van der Waals surface area contributed by atoms with Crippen LogP contribution in [-0.4, -0.2) is 14.7 Å². The molecule has 0 N–H and O–H groups in total. The van der Waals surface area contributed by atoms with Gasteiger partial charge in [-0.15, -0.1) is 0 Å². The van der Waals surface area contributed by atoms with Gasteiger partial charge in [0.25, 0.3) is 0 Å². The van der Waals surface area contributed by atoms with Crippen LogP contribution in [0, 0.1) is 6.92 Å². The van der Waals surface area contributed by atoms with Gasteiger partial charge in [-0.1, -0.05) is 17.3 Å². The highest BCUT2D eigenvalue weighted by molar-refractivity contribution is 5.74. The zero-order valence-corrected chi connectivity index (χ0v) is 8.92. The van der Waals surface area contributed by atoms with E-state index in [0.717, 1.165) is 22.5 Å². The molecule has 3 aromatic rings. The molecule has 0 saturated heterocycles. The molecule has 1 aromatic carbocycles. The number of benzene rings is 1. The van der Waals surface area contributed by atoms with E-state index in [-0.39, 0.29) is 0 Å². The third-order valence-electron chi connectivity index (χ3n) is 2.54. The number of imidazole rings is 1. The first-order valence-electron chi connectivity index (χ1n) is 5.15. The van der Waals surface area contributed by atoms with Gasteiger partial charge in [0.1, 0.15) is 11.5 Å². The first-order valence-corrected chi connectivity index (χ1v) is 5.15. The fraction of sp³-hybridized carbons (Fsp3) is 0.167. The van der Waals surface area contributed by atoms with Crippen LogP contribution in [0.5, 0.6) is 0 Å². The highest BCUT2D eigenvalue weighted by Crippen LogP contribution is 2.13. The van der Waals surface area contributed by atoms with Crippen LogP contribution in [0.1, 0.15) is 11.5 Å². The summed E-state index contributed by atoms with van der Waals surface area (Å²) in [7, 11) is 0. The molecule has 4 heteroatoms. The standard InChI is InChI=1S/C12H11N3O/c1-9-6-10(14-16-9)7-15-8-13-11-4-2-3-5-12(11)15/h2-6,8H,7H2,1H3. The van der Waals surface area contributed by atoms with Crippen LogP contribution in [-0.2, 0) is 6.54 Å². The van der Waals surface area contributed by atoms with Gasteiger partial charge in [0.2, 0.25) is 0 Å². The fourth-order valence-electron chi connectivity index (χ4n) is 1.80. The Labute approximate surface area is 92.5 Å². The van der Waals surface area contributed by atoms with E-state index in [2.05, 4.69) is 20.8 Å². The molecule has 2 aromatic heterocycles. The Morgan fingerprint density at radius 3 is 3.00 bits per heavy atom. The van der Waals surface area contributed by atoms with Crippen LogP contribution in [0.3, 0.4) is 0 Å². The molecule has 4 nitrogen and oxygen atoms in total. The minimum absolute atomic E-state index is 0.692. The van der Waals surface area contributed by atoms with Crippen molar-refractivity contribution in [2.75, 3.05) is 0 Å². The van der Waals surface area contributed by atoms with Crippen molar-refractivity contribution in [1.82, 2.24) is 14.7 Å². The zero-order chi connectivity index (χ0) is 11.0. The number of para-hydroxylation sites is 2. The second kappa shape index (κ2) is 3.48. The van der Waals surface area contributed by atoms with E-state index in [1.807, 2.05) is 37.5 Å². The summed E-state index contributed by atoms with van der Waals surface area (Å²) < 4.78 is 7.10. The number of fused-ring (bicyclic) bond motifs is 1. The van der Waals surface area contributed by atoms with Crippen molar-refractivity contribution in [1.29, 1.82) is 0 Å². The summed E-state index contributed by atoms with van der Waals surface area (Å²) in [6, 6.07) is 9.98. The molecule has 0 unspecified atom stereocenters. The van der Waals surface area contributed by atoms with Gasteiger partial charge >= 0.3 is 0 Å². The Hall–Kier alpha value is -2.10. The maximum absolute atomic E-state index is 5.04. The van der Waals surface area contributed by atoms with Crippen LogP contribution in [0.25, 0.3) is 11.0 Å². The lowest BCUT2D eigenvalue weighted by Gasteiger charge is -1.99. The summed E-state index contributed by atoms with van der Waals surface area (Å²) in [4.78, 5) is 4.33. The summed E-state index contributed by atoms with van der Waals surface area (Å²) in [5.41, 5.74) is 3.03. The first kappa shape index (κ1) is 9.15. The van der Waals surface area contributed by atoms with E-state index in [1.165, 1.54) is 0 Å².